The third-order valence-electron chi connectivity index (χ3n) is 1.85. The van der Waals surface area contributed by atoms with Crippen LogP contribution < -0.4 is 4.74 Å². The monoisotopic (exact) mass is 247 g/mol. The van der Waals surface area contributed by atoms with Gasteiger partial charge in [0.05, 0.1) is 0 Å². The van der Waals surface area contributed by atoms with Gasteiger partial charge in [0.15, 0.2) is 18.6 Å². The predicted molar refractivity (Wildman–Crippen MR) is 55.3 cm³/mol. The van der Waals surface area contributed by atoms with E-state index in [9.17, 15) is 18.0 Å². The lowest BCUT2D eigenvalue weighted by Gasteiger charge is -2.11. The van der Waals surface area contributed by atoms with Crippen molar-refractivity contribution in [3.05, 3.63) is 23.9 Å². The van der Waals surface area contributed by atoms with Crippen molar-refractivity contribution in [1.82, 2.24) is 4.98 Å². The molecule has 1 aromatic heterocycles. The van der Waals surface area contributed by atoms with Crippen LogP contribution in [0.3, 0.4) is 0 Å². The number of alkyl halides is 3. The van der Waals surface area contributed by atoms with Crippen LogP contribution >= 0.6 is 0 Å². The molecule has 0 amide bonds. The molecule has 0 aliphatic rings. The van der Waals surface area contributed by atoms with Crippen LogP contribution in [0.15, 0.2) is 18.3 Å². The van der Waals surface area contributed by atoms with E-state index in [4.69, 9.17) is 4.74 Å². The minimum atomic E-state index is -2.99. The number of ketones is 1. The molecule has 0 saturated carbocycles. The van der Waals surface area contributed by atoms with Gasteiger partial charge in [0.2, 0.25) is 5.88 Å². The van der Waals surface area contributed by atoms with Crippen molar-refractivity contribution in [3.8, 4) is 5.88 Å². The average Bonchev–Trinajstić information content (AvgIpc) is 2.24. The number of halogens is 3. The Labute approximate surface area is 96.6 Å². The van der Waals surface area contributed by atoms with Crippen LogP contribution in [0.2, 0.25) is 0 Å². The first kappa shape index (κ1) is 13.5. The van der Waals surface area contributed by atoms with E-state index in [0.717, 1.165) is 13.0 Å². The number of nitrogens with zero attached hydrogens (tertiary/aromatic N) is 1. The molecule has 0 fully saturated rings. The number of Topliss-reactive ketones (excluding diaryl/α,β-unsaturated/α-hetero) is 1. The van der Waals surface area contributed by atoms with E-state index in [-0.39, 0.29) is 11.4 Å². The number of hydrogen-bond acceptors (Lipinski definition) is 3. The molecule has 0 bridgehead atoms. The highest BCUT2D eigenvalue weighted by Gasteiger charge is 2.22. The van der Waals surface area contributed by atoms with E-state index >= 15 is 0 Å². The second-order valence-electron chi connectivity index (χ2n) is 3.72. The van der Waals surface area contributed by atoms with Crippen molar-refractivity contribution < 1.29 is 22.7 Å². The first-order valence-corrected chi connectivity index (χ1v) is 4.94. The second kappa shape index (κ2) is 5.16. The van der Waals surface area contributed by atoms with Crippen LogP contribution in [0, 0.1) is 0 Å². The van der Waals surface area contributed by atoms with Gasteiger partial charge in [-0.15, -0.1) is 0 Å². The van der Waals surface area contributed by atoms with Crippen LogP contribution in [-0.2, 0) is 0 Å². The van der Waals surface area contributed by atoms with Gasteiger partial charge in [-0.1, -0.05) is 0 Å². The second-order valence-corrected chi connectivity index (χ2v) is 3.72. The van der Waals surface area contributed by atoms with Gasteiger partial charge in [0.25, 0.3) is 5.92 Å². The molecule has 1 unspecified atom stereocenters. The summed E-state index contributed by atoms with van der Waals surface area (Å²) in [6.07, 6.45) is -0.448. The minimum Gasteiger partial charge on any atom is -0.471 e. The number of aromatic nitrogens is 1. The summed E-state index contributed by atoms with van der Waals surface area (Å²) in [7, 11) is 0. The maximum absolute atomic E-state index is 12.8. The highest BCUT2D eigenvalue weighted by molar-refractivity contribution is 5.99. The Kier molecular flexibility index (Phi) is 4.09. The molecule has 0 spiro atoms. The fraction of sp³-hybridized carbons (Fsp3) is 0.455. The first-order valence-electron chi connectivity index (χ1n) is 4.94. The number of carbonyl (C=O) groups excluding carboxylic acids is 1. The molecular weight excluding hydrogens is 235 g/mol. The summed E-state index contributed by atoms with van der Waals surface area (Å²) < 4.78 is 42.5. The smallest absolute Gasteiger partial charge is 0.278 e. The van der Waals surface area contributed by atoms with Gasteiger partial charge in [0.1, 0.15) is 0 Å². The molecule has 3 nitrogen and oxygen atoms in total. The highest BCUT2D eigenvalue weighted by atomic mass is 19.3. The van der Waals surface area contributed by atoms with Gasteiger partial charge < -0.3 is 4.74 Å². The van der Waals surface area contributed by atoms with Crippen molar-refractivity contribution in [3.63, 3.8) is 0 Å². The third-order valence-corrected chi connectivity index (χ3v) is 1.85. The van der Waals surface area contributed by atoms with Crippen molar-refractivity contribution in [2.24, 2.45) is 0 Å². The summed E-state index contributed by atoms with van der Waals surface area (Å²) in [4.78, 5) is 14.9. The number of hydrogen-bond donors (Lipinski definition) is 0. The maximum atomic E-state index is 12.8. The van der Waals surface area contributed by atoms with E-state index in [1.54, 1.807) is 0 Å². The summed E-state index contributed by atoms with van der Waals surface area (Å²) in [5.74, 6) is -3.85. The number of ether oxygens (including phenoxy) is 1. The fourth-order valence-electron chi connectivity index (χ4n) is 1.07. The van der Waals surface area contributed by atoms with Gasteiger partial charge in [-0.3, -0.25) is 4.79 Å². The first-order chi connectivity index (χ1) is 7.79. The van der Waals surface area contributed by atoms with E-state index in [1.807, 2.05) is 0 Å². The van der Waals surface area contributed by atoms with Gasteiger partial charge >= 0.3 is 0 Å². The van der Waals surface area contributed by atoms with Crippen molar-refractivity contribution in [1.29, 1.82) is 0 Å². The standard InChI is InChI=1S/C11H12F3NO2/c1-7(12)10(16)8-3-4-15-9(5-8)17-6-11(2,13)14/h3-5,7H,6H2,1-2H3. The lowest BCUT2D eigenvalue weighted by atomic mass is 10.1. The van der Waals surface area contributed by atoms with Gasteiger partial charge in [-0.2, -0.15) is 0 Å². The van der Waals surface area contributed by atoms with E-state index in [1.165, 1.54) is 12.3 Å². The molecule has 1 rings (SSSR count). The SMILES string of the molecule is CC(F)C(=O)c1ccnc(OCC(C)(F)F)c1. The largest absolute Gasteiger partial charge is 0.471 e. The molecule has 0 saturated heterocycles. The fourth-order valence-corrected chi connectivity index (χ4v) is 1.07. The third kappa shape index (κ3) is 4.42. The number of rotatable bonds is 5. The van der Waals surface area contributed by atoms with Crippen molar-refractivity contribution in [2.45, 2.75) is 25.9 Å². The Morgan fingerprint density at radius 3 is 2.76 bits per heavy atom. The summed E-state index contributed by atoms with van der Waals surface area (Å²) in [5, 5.41) is 0. The maximum Gasteiger partial charge on any atom is 0.278 e. The minimum absolute atomic E-state index is 0.0458. The Bertz CT molecular complexity index is 402. The lowest BCUT2D eigenvalue weighted by Crippen LogP contribution is -2.21. The van der Waals surface area contributed by atoms with Gasteiger partial charge in [0, 0.05) is 24.8 Å². The van der Waals surface area contributed by atoms with Crippen molar-refractivity contribution >= 4 is 5.78 Å². The Morgan fingerprint density at radius 2 is 2.24 bits per heavy atom. The lowest BCUT2D eigenvalue weighted by molar-refractivity contribution is -0.0242. The Morgan fingerprint density at radius 1 is 1.59 bits per heavy atom. The van der Waals surface area contributed by atoms with Gasteiger partial charge in [-0.25, -0.2) is 18.2 Å². The average molecular weight is 247 g/mol. The molecule has 0 N–H and O–H groups in total. The topological polar surface area (TPSA) is 39.2 Å². The molecular formula is C11H12F3NO2. The molecule has 94 valence electrons. The van der Waals surface area contributed by atoms with Gasteiger partial charge in [-0.05, 0) is 13.0 Å². The quantitative estimate of drug-likeness (QED) is 0.751. The summed E-state index contributed by atoms with van der Waals surface area (Å²) in [5.41, 5.74) is 0.0458. The van der Waals surface area contributed by atoms with Crippen LogP contribution in [0.5, 0.6) is 5.88 Å². The van der Waals surface area contributed by atoms with Crippen molar-refractivity contribution in [2.75, 3.05) is 6.61 Å². The molecule has 1 heterocycles. The van der Waals surface area contributed by atoms with E-state index in [2.05, 4.69) is 4.98 Å². The number of pyridine rings is 1. The number of carbonyl (C=O) groups is 1. The normalized spacial score (nSPS) is 13.2. The van der Waals surface area contributed by atoms with Crippen LogP contribution in [0.1, 0.15) is 24.2 Å². The summed E-state index contributed by atoms with van der Waals surface area (Å²) >= 11 is 0. The molecule has 0 radical (unpaired) electrons. The zero-order valence-electron chi connectivity index (χ0n) is 9.41. The molecule has 6 heteroatoms. The zero-order chi connectivity index (χ0) is 13.1. The molecule has 17 heavy (non-hydrogen) atoms. The van der Waals surface area contributed by atoms with Crippen LogP contribution in [0.25, 0.3) is 0 Å². The summed E-state index contributed by atoms with van der Waals surface area (Å²) in [6.45, 7) is 0.956. The molecule has 0 aromatic carbocycles. The molecule has 1 atom stereocenters. The summed E-state index contributed by atoms with van der Waals surface area (Å²) in [6, 6.07) is 2.44. The zero-order valence-corrected chi connectivity index (χ0v) is 9.41. The highest BCUT2D eigenvalue weighted by Crippen LogP contribution is 2.16. The molecule has 0 aliphatic heterocycles. The molecule has 1 aromatic rings. The van der Waals surface area contributed by atoms with E-state index < -0.39 is 24.5 Å². The Balaban J connectivity index is 2.76. The van der Waals surface area contributed by atoms with E-state index in [0.29, 0.717) is 6.92 Å². The van der Waals surface area contributed by atoms with Crippen LogP contribution in [-0.4, -0.2) is 29.5 Å². The Hall–Kier alpha value is -1.59. The molecule has 0 aliphatic carbocycles. The van der Waals surface area contributed by atoms with Crippen LogP contribution in [0.4, 0.5) is 13.2 Å². The predicted octanol–water partition coefficient (Wildman–Crippen LogP) is 2.66.